The van der Waals surface area contributed by atoms with Gasteiger partial charge in [0.25, 0.3) is 0 Å². The van der Waals surface area contributed by atoms with E-state index in [2.05, 4.69) is 50.6 Å². The quantitative estimate of drug-likeness (QED) is 0.768. The molecule has 2 unspecified atom stereocenters. The van der Waals surface area contributed by atoms with Crippen LogP contribution in [0.2, 0.25) is 0 Å². The molecule has 1 aromatic heterocycles. The molecule has 114 valence electrons. The third-order valence-corrected chi connectivity index (χ3v) is 3.57. The third kappa shape index (κ3) is 5.00. The van der Waals surface area contributed by atoms with Gasteiger partial charge in [0.15, 0.2) is 0 Å². The first kappa shape index (κ1) is 16.8. The van der Waals surface area contributed by atoms with Gasteiger partial charge in [0.05, 0.1) is 0 Å². The molecule has 0 aliphatic heterocycles. The summed E-state index contributed by atoms with van der Waals surface area (Å²) in [7, 11) is 0. The number of hydrogen-bond acceptors (Lipinski definition) is 2. The van der Waals surface area contributed by atoms with E-state index >= 15 is 0 Å². The molecule has 0 spiro atoms. The summed E-state index contributed by atoms with van der Waals surface area (Å²) in [4.78, 5) is 11.9. The first-order chi connectivity index (χ1) is 9.47. The second kappa shape index (κ2) is 8.10. The molecule has 2 atom stereocenters. The highest BCUT2D eigenvalue weighted by atomic mass is 16.2. The van der Waals surface area contributed by atoms with Crippen LogP contribution in [0.15, 0.2) is 18.5 Å². The molecular weight excluding hydrogens is 250 g/mol. The predicted molar refractivity (Wildman–Crippen MR) is 83.6 cm³/mol. The first-order valence-corrected chi connectivity index (χ1v) is 7.66. The van der Waals surface area contributed by atoms with Crippen molar-refractivity contribution >= 4 is 5.91 Å². The smallest absolute Gasteiger partial charge is 0.240 e. The number of carbonyl (C=O) groups excluding carboxylic acids is 1. The zero-order chi connectivity index (χ0) is 15.1. The maximum absolute atomic E-state index is 11.9. The maximum atomic E-state index is 11.9. The van der Waals surface area contributed by atoms with E-state index in [1.165, 1.54) is 5.56 Å². The van der Waals surface area contributed by atoms with E-state index < -0.39 is 0 Å². The summed E-state index contributed by atoms with van der Waals surface area (Å²) in [6.07, 6.45) is 5.01. The van der Waals surface area contributed by atoms with Crippen molar-refractivity contribution in [2.24, 2.45) is 5.92 Å². The molecule has 0 aliphatic rings. The van der Waals surface area contributed by atoms with Crippen LogP contribution in [0.1, 0.15) is 52.6 Å². The number of carbonyl (C=O) groups is 1. The van der Waals surface area contributed by atoms with Crippen LogP contribution in [0.5, 0.6) is 0 Å². The molecular formula is C16H29N3O. The Labute approximate surface area is 122 Å². The topological polar surface area (TPSA) is 46.1 Å². The molecule has 0 saturated heterocycles. The Morgan fingerprint density at radius 1 is 1.30 bits per heavy atom. The molecule has 1 amide bonds. The zero-order valence-corrected chi connectivity index (χ0v) is 13.4. The molecule has 1 rings (SSSR count). The van der Waals surface area contributed by atoms with Crippen LogP contribution in [0.25, 0.3) is 0 Å². The highest BCUT2D eigenvalue weighted by molar-refractivity contribution is 5.76. The lowest BCUT2D eigenvalue weighted by molar-refractivity contribution is -0.122. The molecule has 1 heterocycles. The Bertz CT molecular complexity index is 412. The van der Waals surface area contributed by atoms with Gasteiger partial charge in [-0.2, -0.15) is 0 Å². The van der Waals surface area contributed by atoms with Gasteiger partial charge < -0.3 is 15.2 Å². The van der Waals surface area contributed by atoms with Gasteiger partial charge in [-0.05, 0) is 37.4 Å². The Kier molecular flexibility index (Phi) is 6.79. The Morgan fingerprint density at radius 2 is 2.00 bits per heavy atom. The summed E-state index contributed by atoms with van der Waals surface area (Å²) in [5, 5.41) is 6.48. The second-order valence-electron chi connectivity index (χ2n) is 5.77. The van der Waals surface area contributed by atoms with Crippen molar-refractivity contribution in [2.75, 3.05) is 6.54 Å². The van der Waals surface area contributed by atoms with Crippen LogP contribution < -0.4 is 10.6 Å². The van der Waals surface area contributed by atoms with E-state index in [-0.39, 0.29) is 11.9 Å². The van der Waals surface area contributed by atoms with Crippen molar-refractivity contribution in [3.63, 3.8) is 0 Å². The lowest BCUT2D eigenvalue weighted by atomic mass is 9.98. The van der Waals surface area contributed by atoms with Gasteiger partial charge >= 0.3 is 0 Å². The fraction of sp³-hybridized carbons (Fsp3) is 0.688. The molecule has 0 aliphatic carbocycles. The number of amides is 1. The highest BCUT2D eigenvalue weighted by Gasteiger charge is 2.16. The summed E-state index contributed by atoms with van der Waals surface area (Å²) in [5.74, 6) is 0.603. The Hall–Kier alpha value is -1.29. The second-order valence-corrected chi connectivity index (χ2v) is 5.77. The van der Waals surface area contributed by atoms with E-state index in [1.807, 2.05) is 17.7 Å². The lowest BCUT2D eigenvalue weighted by Gasteiger charge is -2.20. The minimum atomic E-state index is 0.0750. The molecule has 1 aromatic rings. The fourth-order valence-corrected chi connectivity index (χ4v) is 2.29. The molecule has 0 saturated carbocycles. The summed E-state index contributed by atoms with van der Waals surface area (Å²) in [6, 6.07) is 2.69. The van der Waals surface area contributed by atoms with Crippen LogP contribution in [0.3, 0.4) is 0 Å². The van der Waals surface area contributed by atoms with Crippen molar-refractivity contribution in [3.8, 4) is 0 Å². The first-order valence-electron chi connectivity index (χ1n) is 7.66. The van der Waals surface area contributed by atoms with Crippen LogP contribution >= 0.6 is 0 Å². The minimum Gasteiger partial charge on any atom is -0.352 e. The van der Waals surface area contributed by atoms with Crippen molar-refractivity contribution in [1.29, 1.82) is 0 Å². The van der Waals surface area contributed by atoms with E-state index in [1.54, 1.807) is 0 Å². The van der Waals surface area contributed by atoms with Crippen LogP contribution in [0, 0.1) is 5.92 Å². The van der Waals surface area contributed by atoms with Gasteiger partial charge in [-0.15, -0.1) is 0 Å². The zero-order valence-electron chi connectivity index (χ0n) is 13.4. The Morgan fingerprint density at radius 3 is 2.55 bits per heavy atom. The third-order valence-electron chi connectivity index (χ3n) is 3.57. The molecule has 0 aromatic carbocycles. The summed E-state index contributed by atoms with van der Waals surface area (Å²) < 4.78 is 1.96. The van der Waals surface area contributed by atoms with Gasteiger partial charge in [-0.3, -0.25) is 4.79 Å². The number of nitrogens with zero attached hydrogens (tertiary/aromatic N) is 1. The number of rotatable bonds is 8. The summed E-state index contributed by atoms with van der Waals surface area (Å²) in [6.45, 7) is 12.0. The molecule has 0 fully saturated rings. The van der Waals surface area contributed by atoms with Crippen LogP contribution in [-0.2, 0) is 11.3 Å². The molecule has 4 heteroatoms. The van der Waals surface area contributed by atoms with E-state index in [9.17, 15) is 4.79 Å². The average molecular weight is 279 g/mol. The lowest BCUT2D eigenvalue weighted by Crippen LogP contribution is -2.34. The number of hydrogen-bond donors (Lipinski definition) is 2. The number of nitrogens with one attached hydrogen (secondary N) is 2. The molecule has 2 N–H and O–H groups in total. The summed E-state index contributed by atoms with van der Waals surface area (Å²) >= 11 is 0. The largest absolute Gasteiger partial charge is 0.352 e. The van der Waals surface area contributed by atoms with Gasteiger partial charge in [-0.25, -0.2) is 0 Å². The molecule has 4 nitrogen and oxygen atoms in total. The Balaban J connectivity index is 2.64. The van der Waals surface area contributed by atoms with E-state index in [0.29, 0.717) is 18.5 Å². The predicted octanol–water partition coefficient (Wildman–Crippen LogP) is 2.71. The van der Waals surface area contributed by atoms with Gasteiger partial charge in [0.1, 0.15) is 6.54 Å². The molecule has 20 heavy (non-hydrogen) atoms. The summed E-state index contributed by atoms with van der Waals surface area (Å²) in [5.41, 5.74) is 1.25. The maximum Gasteiger partial charge on any atom is 0.240 e. The van der Waals surface area contributed by atoms with Gasteiger partial charge in [-0.1, -0.05) is 27.7 Å². The number of aromatic nitrogens is 1. The van der Waals surface area contributed by atoms with E-state index in [4.69, 9.17) is 0 Å². The molecule has 0 radical (unpaired) electrons. The van der Waals surface area contributed by atoms with E-state index in [0.717, 1.165) is 13.0 Å². The molecule has 0 bridgehead atoms. The van der Waals surface area contributed by atoms with Crippen molar-refractivity contribution in [3.05, 3.63) is 24.0 Å². The minimum absolute atomic E-state index is 0.0750. The normalized spacial score (nSPS) is 14.3. The monoisotopic (exact) mass is 279 g/mol. The average Bonchev–Trinajstić information content (AvgIpc) is 2.83. The van der Waals surface area contributed by atoms with Gasteiger partial charge in [0.2, 0.25) is 5.91 Å². The van der Waals surface area contributed by atoms with Crippen molar-refractivity contribution in [2.45, 2.75) is 59.7 Å². The van der Waals surface area contributed by atoms with Crippen LogP contribution in [-0.4, -0.2) is 23.1 Å². The van der Waals surface area contributed by atoms with Crippen molar-refractivity contribution in [1.82, 2.24) is 15.2 Å². The van der Waals surface area contributed by atoms with Crippen LogP contribution in [0.4, 0.5) is 0 Å². The highest BCUT2D eigenvalue weighted by Crippen LogP contribution is 2.21. The standard InChI is InChI=1S/C16H29N3O/c1-6-13(5)18-15(20)11-19-9-8-14(10-19)16(12(3)4)17-7-2/h8-10,12-13,16-17H,6-7,11H2,1-5H3,(H,18,20). The fourth-order valence-electron chi connectivity index (χ4n) is 2.29. The van der Waals surface area contributed by atoms with Crippen molar-refractivity contribution < 1.29 is 4.79 Å². The SMILES string of the molecule is CCNC(c1ccn(CC(=O)NC(C)CC)c1)C(C)C. The van der Waals surface area contributed by atoms with Gasteiger partial charge in [0, 0.05) is 24.5 Å².